The Balaban J connectivity index is 1.46. The van der Waals surface area contributed by atoms with Crippen LogP contribution in [-0.4, -0.2) is 52.2 Å². The van der Waals surface area contributed by atoms with Crippen molar-refractivity contribution in [2.45, 2.75) is 50.6 Å². The molecule has 0 radical (unpaired) electrons. The lowest BCUT2D eigenvalue weighted by molar-refractivity contribution is -0.139. The molecule has 0 aliphatic heterocycles. The maximum Gasteiger partial charge on any atom is 0.317 e. The molecule has 0 aromatic carbocycles. The third kappa shape index (κ3) is 3.30. The maximum absolute atomic E-state index is 12.1. The van der Waals surface area contributed by atoms with Crippen LogP contribution in [0.2, 0.25) is 0 Å². The molecule has 3 rings (SSSR count). The Kier molecular flexibility index (Phi) is 4.15. The first-order chi connectivity index (χ1) is 10.6. The predicted octanol–water partition coefficient (Wildman–Crippen LogP) is 1.22. The number of carbonyl (C=O) groups excluding carboxylic acids is 1. The molecule has 7 heteroatoms. The zero-order valence-corrected chi connectivity index (χ0v) is 12.6. The van der Waals surface area contributed by atoms with Gasteiger partial charge >= 0.3 is 5.97 Å². The van der Waals surface area contributed by atoms with Crippen molar-refractivity contribution in [1.82, 2.24) is 15.4 Å². The highest BCUT2D eigenvalue weighted by Crippen LogP contribution is 2.40. The number of carboxylic acids is 1. The fourth-order valence-electron chi connectivity index (χ4n) is 2.89. The van der Waals surface area contributed by atoms with Crippen LogP contribution in [0.1, 0.15) is 54.8 Å². The second-order valence-electron chi connectivity index (χ2n) is 6.14. The molecule has 0 bridgehead atoms. The SMILES string of the molecule is CCN(CC(=O)O)C1CC(NC(=O)c2cc(C3CC3)on2)C1. The molecular weight excluding hydrogens is 286 g/mol. The van der Waals surface area contributed by atoms with Gasteiger partial charge < -0.3 is 14.9 Å². The number of carboxylic acid groups (broad SMARTS) is 1. The Morgan fingerprint density at radius 2 is 2.18 bits per heavy atom. The maximum atomic E-state index is 12.1. The van der Waals surface area contributed by atoms with Crippen LogP contribution in [0.25, 0.3) is 0 Å². The molecule has 2 fully saturated rings. The van der Waals surface area contributed by atoms with E-state index in [-0.39, 0.29) is 24.5 Å². The van der Waals surface area contributed by atoms with Gasteiger partial charge in [0.25, 0.3) is 5.91 Å². The van der Waals surface area contributed by atoms with E-state index in [1.165, 1.54) is 0 Å². The number of aromatic nitrogens is 1. The van der Waals surface area contributed by atoms with Gasteiger partial charge in [0, 0.05) is 24.1 Å². The van der Waals surface area contributed by atoms with E-state index in [1.54, 1.807) is 6.07 Å². The third-order valence-corrected chi connectivity index (χ3v) is 4.45. The van der Waals surface area contributed by atoms with E-state index in [2.05, 4.69) is 10.5 Å². The molecule has 0 unspecified atom stereocenters. The average Bonchev–Trinajstić information content (AvgIpc) is 3.17. The minimum atomic E-state index is -0.815. The smallest absolute Gasteiger partial charge is 0.317 e. The summed E-state index contributed by atoms with van der Waals surface area (Å²) in [6.45, 7) is 2.70. The van der Waals surface area contributed by atoms with Crippen LogP contribution >= 0.6 is 0 Å². The molecule has 2 saturated carbocycles. The monoisotopic (exact) mass is 307 g/mol. The molecule has 0 atom stereocenters. The summed E-state index contributed by atoms with van der Waals surface area (Å²) < 4.78 is 5.18. The molecule has 22 heavy (non-hydrogen) atoms. The van der Waals surface area contributed by atoms with Gasteiger partial charge in [-0.1, -0.05) is 12.1 Å². The van der Waals surface area contributed by atoms with Crippen LogP contribution in [0.4, 0.5) is 0 Å². The van der Waals surface area contributed by atoms with Gasteiger partial charge in [0.15, 0.2) is 5.69 Å². The zero-order valence-electron chi connectivity index (χ0n) is 12.6. The third-order valence-electron chi connectivity index (χ3n) is 4.45. The molecule has 2 aliphatic rings. The van der Waals surface area contributed by atoms with E-state index in [0.717, 1.165) is 31.4 Å². The van der Waals surface area contributed by atoms with E-state index >= 15 is 0 Å². The van der Waals surface area contributed by atoms with Crippen molar-refractivity contribution < 1.29 is 19.2 Å². The molecule has 1 amide bonds. The number of likely N-dealkylation sites (N-methyl/N-ethyl adjacent to an activating group) is 1. The van der Waals surface area contributed by atoms with Crippen LogP contribution in [-0.2, 0) is 4.79 Å². The lowest BCUT2D eigenvalue weighted by Crippen LogP contribution is -2.54. The lowest BCUT2D eigenvalue weighted by Gasteiger charge is -2.42. The normalized spacial score (nSPS) is 24.1. The van der Waals surface area contributed by atoms with Crippen LogP contribution in [0.3, 0.4) is 0 Å². The summed E-state index contributed by atoms with van der Waals surface area (Å²) >= 11 is 0. The second-order valence-corrected chi connectivity index (χ2v) is 6.14. The molecule has 1 heterocycles. The number of amides is 1. The Hall–Kier alpha value is -1.89. The van der Waals surface area contributed by atoms with Crippen molar-refractivity contribution in [2.75, 3.05) is 13.1 Å². The van der Waals surface area contributed by atoms with E-state index in [1.807, 2.05) is 11.8 Å². The number of rotatable bonds is 7. The molecule has 0 spiro atoms. The summed E-state index contributed by atoms with van der Waals surface area (Å²) in [6, 6.07) is 2.04. The molecular formula is C15H21N3O4. The van der Waals surface area contributed by atoms with Gasteiger partial charge in [0.1, 0.15) is 5.76 Å². The number of nitrogens with zero attached hydrogens (tertiary/aromatic N) is 2. The number of hydrogen-bond donors (Lipinski definition) is 2. The molecule has 2 aliphatic carbocycles. The zero-order chi connectivity index (χ0) is 15.7. The topological polar surface area (TPSA) is 95.7 Å². The minimum Gasteiger partial charge on any atom is -0.480 e. The summed E-state index contributed by atoms with van der Waals surface area (Å²) in [7, 11) is 0. The number of aliphatic carboxylic acids is 1. The Labute approximate surface area is 128 Å². The first-order valence-corrected chi connectivity index (χ1v) is 7.80. The summed E-state index contributed by atoms with van der Waals surface area (Å²) in [5.41, 5.74) is 0.336. The van der Waals surface area contributed by atoms with Gasteiger partial charge in [-0.05, 0) is 32.2 Å². The highest BCUT2D eigenvalue weighted by Gasteiger charge is 2.35. The summed E-state index contributed by atoms with van der Waals surface area (Å²) in [6.07, 6.45) is 3.77. The quantitative estimate of drug-likeness (QED) is 0.786. The van der Waals surface area contributed by atoms with Crippen LogP contribution in [0.15, 0.2) is 10.6 Å². The Morgan fingerprint density at radius 3 is 2.77 bits per heavy atom. The fourth-order valence-corrected chi connectivity index (χ4v) is 2.89. The van der Waals surface area contributed by atoms with Gasteiger partial charge in [-0.15, -0.1) is 0 Å². The van der Waals surface area contributed by atoms with Gasteiger partial charge in [-0.3, -0.25) is 14.5 Å². The van der Waals surface area contributed by atoms with Crippen molar-refractivity contribution >= 4 is 11.9 Å². The van der Waals surface area contributed by atoms with Gasteiger partial charge in [0.2, 0.25) is 0 Å². The molecule has 2 N–H and O–H groups in total. The largest absolute Gasteiger partial charge is 0.480 e. The van der Waals surface area contributed by atoms with E-state index in [4.69, 9.17) is 9.63 Å². The first kappa shape index (κ1) is 15.0. The van der Waals surface area contributed by atoms with Crippen LogP contribution in [0, 0.1) is 0 Å². The number of nitrogens with one attached hydrogen (secondary N) is 1. The Bertz CT molecular complexity index is 561. The first-order valence-electron chi connectivity index (χ1n) is 7.80. The standard InChI is InChI=1S/C15H21N3O4/c1-2-18(8-14(19)20)11-5-10(6-11)16-15(21)12-7-13(22-17-12)9-3-4-9/h7,9-11H,2-6,8H2,1H3,(H,16,21)(H,19,20). The lowest BCUT2D eigenvalue weighted by atomic mass is 9.85. The summed E-state index contributed by atoms with van der Waals surface area (Å²) in [5.74, 6) is 0.219. The van der Waals surface area contributed by atoms with Crippen molar-refractivity contribution in [3.05, 3.63) is 17.5 Å². The van der Waals surface area contributed by atoms with Gasteiger partial charge in [-0.25, -0.2) is 0 Å². The fraction of sp³-hybridized carbons (Fsp3) is 0.667. The number of hydrogen-bond acceptors (Lipinski definition) is 5. The van der Waals surface area contributed by atoms with Crippen LogP contribution in [0.5, 0.6) is 0 Å². The van der Waals surface area contributed by atoms with Crippen molar-refractivity contribution in [1.29, 1.82) is 0 Å². The molecule has 1 aromatic heterocycles. The predicted molar refractivity (Wildman–Crippen MR) is 77.6 cm³/mol. The van der Waals surface area contributed by atoms with Crippen molar-refractivity contribution in [2.24, 2.45) is 0 Å². The van der Waals surface area contributed by atoms with Crippen LogP contribution < -0.4 is 5.32 Å². The molecule has 120 valence electrons. The van der Waals surface area contributed by atoms with Crippen molar-refractivity contribution in [3.63, 3.8) is 0 Å². The minimum absolute atomic E-state index is 0.0515. The van der Waals surface area contributed by atoms with E-state index in [9.17, 15) is 9.59 Å². The van der Waals surface area contributed by atoms with E-state index < -0.39 is 5.97 Å². The summed E-state index contributed by atoms with van der Waals surface area (Å²) in [5, 5.41) is 15.6. The van der Waals surface area contributed by atoms with Gasteiger partial charge in [0.05, 0.1) is 6.54 Å². The highest BCUT2D eigenvalue weighted by molar-refractivity contribution is 5.92. The second kappa shape index (κ2) is 6.08. The highest BCUT2D eigenvalue weighted by atomic mass is 16.5. The average molecular weight is 307 g/mol. The van der Waals surface area contributed by atoms with Gasteiger partial charge in [-0.2, -0.15) is 0 Å². The van der Waals surface area contributed by atoms with E-state index in [0.29, 0.717) is 18.2 Å². The summed E-state index contributed by atoms with van der Waals surface area (Å²) in [4.78, 5) is 24.8. The van der Waals surface area contributed by atoms with Crippen molar-refractivity contribution in [3.8, 4) is 0 Å². The Morgan fingerprint density at radius 1 is 1.45 bits per heavy atom. The number of carbonyl (C=O) groups is 2. The molecule has 0 saturated heterocycles. The molecule has 7 nitrogen and oxygen atoms in total. The molecule has 1 aromatic rings.